The molecule has 0 aliphatic rings. The molecule has 8 heteroatoms. The third-order valence-corrected chi connectivity index (χ3v) is 5.26. The van der Waals surface area contributed by atoms with Gasteiger partial charge < -0.3 is 19.3 Å². The monoisotopic (exact) mass is 427 g/mol. The van der Waals surface area contributed by atoms with Gasteiger partial charge in [0.1, 0.15) is 23.0 Å². The van der Waals surface area contributed by atoms with Crippen LogP contribution >= 0.6 is 11.3 Å². The van der Waals surface area contributed by atoms with Crippen molar-refractivity contribution in [2.45, 2.75) is 13.3 Å². The topological polar surface area (TPSA) is 77.6 Å². The average Bonchev–Trinajstić information content (AvgIpc) is 3.19. The van der Waals surface area contributed by atoms with Crippen LogP contribution < -0.4 is 19.0 Å². The number of nitrogens with zero attached hydrogens (tertiary/aromatic N) is 3. The lowest BCUT2D eigenvalue weighted by molar-refractivity contribution is 0.315. The zero-order chi connectivity index (χ0) is 21.5. The summed E-state index contributed by atoms with van der Waals surface area (Å²) in [6, 6.07) is 10.8. The first-order valence-electron chi connectivity index (χ1n) is 9.47. The van der Waals surface area contributed by atoms with Crippen molar-refractivity contribution in [1.82, 2.24) is 4.68 Å². The number of benzene rings is 2. The van der Waals surface area contributed by atoms with Gasteiger partial charge in [-0.25, -0.2) is 4.68 Å². The van der Waals surface area contributed by atoms with Gasteiger partial charge in [0.25, 0.3) is 0 Å². The zero-order valence-corrected chi connectivity index (χ0v) is 18.3. The minimum absolute atomic E-state index is 0.0988. The van der Waals surface area contributed by atoms with E-state index >= 15 is 0 Å². The smallest absolute Gasteiger partial charge is 0.205 e. The van der Waals surface area contributed by atoms with Crippen LogP contribution in [-0.2, 0) is 0 Å². The van der Waals surface area contributed by atoms with Gasteiger partial charge in [-0.05, 0) is 30.7 Å². The summed E-state index contributed by atoms with van der Waals surface area (Å²) >= 11 is 1.46. The molecule has 158 valence electrons. The number of hydrogen-bond donors (Lipinski definition) is 1. The molecule has 0 unspecified atom stereocenters. The fourth-order valence-corrected chi connectivity index (χ4v) is 3.62. The Morgan fingerprint density at radius 1 is 1.10 bits per heavy atom. The Bertz CT molecular complexity index is 1100. The van der Waals surface area contributed by atoms with Gasteiger partial charge >= 0.3 is 0 Å². The SMILES string of the molecule is CCCOc1ccc(C=Nn2c(-c3ccc(OC)cc3OC)csc2=NC)c(O)c1. The molecule has 0 atom stereocenters. The molecule has 1 N–H and O–H groups in total. The van der Waals surface area contributed by atoms with E-state index in [1.807, 2.05) is 36.6 Å². The van der Waals surface area contributed by atoms with Crippen molar-refractivity contribution in [3.8, 4) is 34.3 Å². The van der Waals surface area contributed by atoms with Gasteiger partial charge in [-0.2, -0.15) is 5.10 Å². The van der Waals surface area contributed by atoms with Gasteiger partial charge in [-0.1, -0.05) is 6.92 Å². The number of phenols is 1. The Balaban J connectivity index is 1.99. The number of rotatable bonds is 8. The lowest BCUT2D eigenvalue weighted by Gasteiger charge is -2.11. The van der Waals surface area contributed by atoms with Crippen molar-refractivity contribution < 1.29 is 19.3 Å². The van der Waals surface area contributed by atoms with Crippen molar-refractivity contribution in [2.24, 2.45) is 10.1 Å². The molecule has 7 nitrogen and oxygen atoms in total. The summed E-state index contributed by atoms with van der Waals surface area (Å²) in [5, 5.41) is 16.9. The minimum Gasteiger partial charge on any atom is -0.507 e. The Morgan fingerprint density at radius 3 is 2.57 bits per heavy atom. The number of thiazole rings is 1. The minimum atomic E-state index is 0.0988. The van der Waals surface area contributed by atoms with E-state index in [9.17, 15) is 5.11 Å². The van der Waals surface area contributed by atoms with E-state index in [4.69, 9.17) is 14.2 Å². The van der Waals surface area contributed by atoms with Crippen LogP contribution in [-0.4, -0.2) is 43.9 Å². The van der Waals surface area contributed by atoms with Crippen molar-refractivity contribution in [3.05, 3.63) is 52.1 Å². The van der Waals surface area contributed by atoms with Gasteiger partial charge in [0, 0.05) is 35.7 Å². The highest BCUT2D eigenvalue weighted by Gasteiger charge is 2.13. The maximum absolute atomic E-state index is 10.3. The van der Waals surface area contributed by atoms with Gasteiger partial charge in [-0.3, -0.25) is 4.99 Å². The van der Waals surface area contributed by atoms with Gasteiger partial charge in [0.2, 0.25) is 4.80 Å². The van der Waals surface area contributed by atoms with Crippen LogP contribution in [0.1, 0.15) is 18.9 Å². The summed E-state index contributed by atoms with van der Waals surface area (Å²) in [5.74, 6) is 2.10. The number of aromatic hydroxyl groups is 1. The first kappa shape index (κ1) is 21.4. The fourth-order valence-electron chi connectivity index (χ4n) is 2.82. The molecule has 0 radical (unpaired) electrons. The predicted octanol–water partition coefficient (Wildman–Crippen LogP) is 4.14. The lowest BCUT2D eigenvalue weighted by atomic mass is 10.1. The largest absolute Gasteiger partial charge is 0.507 e. The summed E-state index contributed by atoms with van der Waals surface area (Å²) < 4.78 is 18.1. The average molecular weight is 428 g/mol. The molecule has 0 spiro atoms. The third-order valence-electron chi connectivity index (χ3n) is 4.35. The third kappa shape index (κ3) is 4.65. The van der Waals surface area contributed by atoms with E-state index in [0.717, 1.165) is 17.7 Å². The molecular weight excluding hydrogens is 402 g/mol. The molecule has 0 aliphatic carbocycles. The zero-order valence-electron chi connectivity index (χ0n) is 17.5. The van der Waals surface area contributed by atoms with Crippen LogP contribution in [0.5, 0.6) is 23.0 Å². The van der Waals surface area contributed by atoms with E-state index in [1.165, 1.54) is 11.3 Å². The summed E-state index contributed by atoms with van der Waals surface area (Å²) in [5.41, 5.74) is 2.25. The molecular formula is C22H25N3O4S. The fraction of sp³-hybridized carbons (Fsp3) is 0.273. The first-order chi connectivity index (χ1) is 14.6. The van der Waals surface area contributed by atoms with Crippen molar-refractivity contribution in [2.75, 3.05) is 27.9 Å². The number of ether oxygens (including phenoxy) is 3. The molecule has 0 bridgehead atoms. The molecule has 0 saturated heterocycles. The van der Waals surface area contributed by atoms with E-state index in [0.29, 0.717) is 34.2 Å². The summed E-state index contributed by atoms with van der Waals surface area (Å²) in [7, 11) is 4.94. The van der Waals surface area contributed by atoms with Crippen molar-refractivity contribution in [3.63, 3.8) is 0 Å². The Hall–Kier alpha value is -3.26. The van der Waals surface area contributed by atoms with Crippen LogP contribution in [0.25, 0.3) is 11.3 Å². The molecule has 2 aromatic carbocycles. The molecule has 1 aromatic heterocycles. The predicted molar refractivity (Wildman–Crippen MR) is 119 cm³/mol. The molecule has 3 aromatic rings. The number of methoxy groups -OCH3 is 2. The van der Waals surface area contributed by atoms with Crippen molar-refractivity contribution in [1.29, 1.82) is 0 Å². The van der Waals surface area contributed by atoms with Crippen LogP contribution in [0.2, 0.25) is 0 Å². The molecule has 1 heterocycles. The van der Waals surface area contributed by atoms with E-state index in [-0.39, 0.29) is 5.75 Å². The second kappa shape index (κ2) is 9.98. The normalized spacial score (nSPS) is 11.8. The standard InChI is InChI=1S/C22H25N3O4S/c1-5-10-29-17-7-6-15(20(26)11-17)13-24-25-19(14-30-22(25)23-2)18-9-8-16(27-3)12-21(18)28-4/h6-9,11-14,26H,5,10H2,1-4H3. The summed E-state index contributed by atoms with van der Waals surface area (Å²) in [6.07, 6.45) is 2.50. The van der Waals surface area contributed by atoms with E-state index < -0.39 is 0 Å². The van der Waals surface area contributed by atoms with E-state index in [2.05, 4.69) is 10.1 Å². The summed E-state index contributed by atoms with van der Waals surface area (Å²) in [6.45, 7) is 2.64. The Labute approximate surface area is 179 Å². The van der Waals surface area contributed by atoms with Crippen molar-refractivity contribution >= 4 is 17.6 Å². The number of phenolic OH excluding ortho intramolecular Hbond substituents is 1. The second-order valence-corrected chi connectivity index (χ2v) is 7.16. The number of aromatic nitrogens is 1. The number of hydrogen-bond acceptors (Lipinski definition) is 7. The molecule has 0 fully saturated rings. The van der Waals surface area contributed by atoms with Crippen LogP contribution in [0.4, 0.5) is 0 Å². The highest BCUT2D eigenvalue weighted by Crippen LogP contribution is 2.33. The maximum atomic E-state index is 10.3. The van der Waals surface area contributed by atoms with Gasteiger partial charge in [0.05, 0.1) is 32.7 Å². The van der Waals surface area contributed by atoms with Gasteiger partial charge in [0.15, 0.2) is 0 Å². The molecule has 0 aliphatic heterocycles. The lowest BCUT2D eigenvalue weighted by Crippen LogP contribution is -2.11. The Morgan fingerprint density at radius 2 is 1.90 bits per heavy atom. The summed E-state index contributed by atoms with van der Waals surface area (Å²) in [4.78, 5) is 5.02. The van der Waals surface area contributed by atoms with Crippen LogP contribution in [0.15, 0.2) is 51.9 Å². The highest BCUT2D eigenvalue weighted by atomic mass is 32.1. The first-order valence-corrected chi connectivity index (χ1v) is 10.3. The molecule has 0 amide bonds. The molecule has 3 rings (SSSR count). The van der Waals surface area contributed by atoms with E-state index in [1.54, 1.807) is 44.3 Å². The molecule has 30 heavy (non-hydrogen) atoms. The molecule has 0 saturated carbocycles. The maximum Gasteiger partial charge on any atom is 0.205 e. The van der Waals surface area contributed by atoms with Gasteiger partial charge in [-0.15, -0.1) is 11.3 Å². The second-order valence-electron chi connectivity index (χ2n) is 6.32. The quantitative estimate of drug-likeness (QED) is 0.548. The highest BCUT2D eigenvalue weighted by molar-refractivity contribution is 7.07. The van der Waals surface area contributed by atoms with Crippen LogP contribution in [0.3, 0.4) is 0 Å². The van der Waals surface area contributed by atoms with Crippen LogP contribution in [0, 0.1) is 0 Å². The Kier molecular flexibility index (Phi) is 7.13.